The minimum Gasteiger partial charge on any atom is -0.497 e. The molecule has 2 aromatic carbocycles. The SMILES string of the molecule is CCNC(=NCc1ccc(OC)cc1)NCC(O)c1ccc(F)cc1. The van der Waals surface area contributed by atoms with Gasteiger partial charge in [0.1, 0.15) is 11.6 Å². The summed E-state index contributed by atoms with van der Waals surface area (Å²) in [7, 11) is 1.63. The number of halogens is 1. The van der Waals surface area contributed by atoms with Gasteiger partial charge in [-0.1, -0.05) is 24.3 Å². The van der Waals surface area contributed by atoms with Crippen molar-refractivity contribution in [3.63, 3.8) is 0 Å². The zero-order chi connectivity index (χ0) is 18.1. The molecule has 5 nitrogen and oxygen atoms in total. The highest BCUT2D eigenvalue weighted by Gasteiger charge is 2.08. The fourth-order valence-electron chi connectivity index (χ4n) is 2.24. The topological polar surface area (TPSA) is 65.9 Å². The van der Waals surface area contributed by atoms with E-state index in [1.54, 1.807) is 19.2 Å². The number of nitrogens with zero attached hydrogens (tertiary/aromatic N) is 1. The summed E-state index contributed by atoms with van der Waals surface area (Å²) in [5.41, 5.74) is 1.71. The van der Waals surface area contributed by atoms with Crippen molar-refractivity contribution < 1.29 is 14.2 Å². The fraction of sp³-hybridized carbons (Fsp3) is 0.316. The van der Waals surface area contributed by atoms with Crippen LogP contribution < -0.4 is 15.4 Å². The molecule has 0 aliphatic heterocycles. The summed E-state index contributed by atoms with van der Waals surface area (Å²) in [6.45, 7) is 3.47. The first kappa shape index (κ1) is 18.7. The van der Waals surface area contributed by atoms with Gasteiger partial charge in [0.15, 0.2) is 5.96 Å². The first-order valence-electron chi connectivity index (χ1n) is 8.21. The number of guanidine groups is 1. The van der Waals surface area contributed by atoms with Crippen molar-refractivity contribution in [1.29, 1.82) is 0 Å². The molecule has 3 N–H and O–H groups in total. The first-order valence-corrected chi connectivity index (χ1v) is 8.21. The second-order valence-corrected chi connectivity index (χ2v) is 5.49. The van der Waals surface area contributed by atoms with Crippen molar-refractivity contribution in [1.82, 2.24) is 10.6 Å². The van der Waals surface area contributed by atoms with Crippen LogP contribution in [-0.4, -0.2) is 31.3 Å². The molecule has 0 saturated heterocycles. The van der Waals surface area contributed by atoms with E-state index in [9.17, 15) is 9.50 Å². The average molecular weight is 345 g/mol. The van der Waals surface area contributed by atoms with E-state index in [4.69, 9.17) is 4.74 Å². The van der Waals surface area contributed by atoms with Gasteiger partial charge in [-0.05, 0) is 42.3 Å². The van der Waals surface area contributed by atoms with E-state index in [2.05, 4.69) is 15.6 Å². The Morgan fingerprint density at radius 2 is 1.80 bits per heavy atom. The molecule has 0 saturated carbocycles. The maximum absolute atomic E-state index is 12.9. The highest BCUT2D eigenvalue weighted by Crippen LogP contribution is 2.13. The standard InChI is InChI=1S/C19H24FN3O2/c1-3-21-19(22-12-14-4-10-17(25-2)11-5-14)23-13-18(24)15-6-8-16(20)9-7-15/h4-11,18,24H,3,12-13H2,1-2H3,(H2,21,22,23). The lowest BCUT2D eigenvalue weighted by Gasteiger charge is -2.15. The number of hydrogen-bond acceptors (Lipinski definition) is 3. The lowest BCUT2D eigenvalue weighted by Crippen LogP contribution is -2.39. The van der Waals surface area contributed by atoms with Crippen LogP contribution >= 0.6 is 0 Å². The van der Waals surface area contributed by atoms with Crippen molar-refractivity contribution in [2.45, 2.75) is 19.6 Å². The van der Waals surface area contributed by atoms with E-state index >= 15 is 0 Å². The lowest BCUT2D eigenvalue weighted by atomic mass is 10.1. The minimum atomic E-state index is -0.745. The van der Waals surface area contributed by atoms with Gasteiger partial charge in [-0.25, -0.2) is 9.38 Å². The van der Waals surface area contributed by atoms with E-state index in [1.807, 2.05) is 31.2 Å². The molecule has 1 unspecified atom stereocenters. The molecule has 0 fully saturated rings. The van der Waals surface area contributed by atoms with Crippen molar-refractivity contribution in [3.05, 3.63) is 65.5 Å². The van der Waals surface area contributed by atoms with Crippen LogP contribution in [0.15, 0.2) is 53.5 Å². The summed E-state index contributed by atoms with van der Waals surface area (Å²) < 4.78 is 18.1. The van der Waals surface area contributed by atoms with E-state index in [0.717, 1.165) is 11.3 Å². The summed E-state index contributed by atoms with van der Waals surface area (Å²) in [4.78, 5) is 4.50. The third kappa shape index (κ3) is 6.08. The Labute approximate surface area is 147 Å². The largest absolute Gasteiger partial charge is 0.497 e. The van der Waals surface area contributed by atoms with Gasteiger partial charge < -0.3 is 20.5 Å². The Hall–Kier alpha value is -2.60. The number of nitrogens with one attached hydrogen (secondary N) is 2. The maximum Gasteiger partial charge on any atom is 0.191 e. The third-order valence-corrected chi connectivity index (χ3v) is 3.64. The monoisotopic (exact) mass is 345 g/mol. The molecule has 0 bridgehead atoms. The summed E-state index contributed by atoms with van der Waals surface area (Å²) in [5, 5.41) is 16.4. The summed E-state index contributed by atoms with van der Waals surface area (Å²) in [5.74, 6) is 1.10. The van der Waals surface area contributed by atoms with Gasteiger partial charge in [0.2, 0.25) is 0 Å². The highest BCUT2D eigenvalue weighted by molar-refractivity contribution is 5.79. The summed E-state index contributed by atoms with van der Waals surface area (Å²) in [6, 6.07) is 13.5. The molecule has 0 aliphatic rings. The van der Waals surface area contributed by atoms with Gasteiger partial charge in [0, 0.05) is 13.1 Å². The molecule has 2 rings (SSSR count). The van der Waals surface area contributed by atoms with Gasteiger partial charge in [0.25, 0.3) is 0 Å². The zero-order valence-electron chi connectivity index (χ0n) is 14.5. The van der Waals surface area contributed by atoms with Gasteiger partial charge >= 0.3 is 0 Å². The van der Waals surface area contributed by atoms with Gasteiger partial charge in [0.05, 0.1) is 19.8 Å². The Morgan fingerprint density at radius 1 is 1.12 bits per heavy atom. The molecule has 1 atom stereocenters. The van der Waals surface area contributed by atoms with Crippen molar-refractivity contribution >= 4 is 5.96 Å². The molecular weight excluding hydrogens is 321 g/mol. The predicted molar refractivity (Wildman–Crippen MR) is 97.2 cm³/mol. The number of methoxy groups -OCH3 is 1. The molecule has 134 valence electrons. The molecular formula is C19H24FN3O2. The Morgan fingerprint density at radius 3 is 2.40 bits per heavy atom. The number of hydrogen-bond donors (Lipinski definition) is 3. The van der Waals surface area contributed by atoms with Crippen LogP contribution in [-0.2, 0) is 6.54 Å². The minimum absolute atomic E-state index is 0.278. The van der Waals surface area contributed by atoms with Crippen LogP contribution in [0.25, 0.3) is 0 Å². The number of ether oxygens (including phenoxy) is 1. The maximum atomic E-state index is 12.9. The van der Waals surface area contributed by atoms with Gasteiger partial charge in [-0.2, -0.15) is 0 Å². The van der Waals surface area contributed by atoms with Crippen molar-refractivity contribution in [2.75, 3.05) is 20.2 Å². The van der Waals surface area contributed by atoms with Crippen LogP contribution in [0.4, 0.5) is 4.39 Å². The number of rotatable bonds is 7. The van der Waals surface area contributed by atoms with E-state index in [0.29, 0.717) is 24.6 Å². The van der Waals surface area contributed by atoms with Crippen LogP contribution in [0.5, 0.6) is 5.75 Å². The van der Waals surface area contributed by atoms with Gasteiger partial charge in [-0.15, -0.1) is 0 Å². The van der Waals surface area contributed by atoms with E-state index < -0.39 is 6.10 Å². The number of aliphatic hydroxyl groups is 1. The number of aliphatic hydroxyl groups excluding tert-OH is 1. The van der Waals surface area contributed by atoms with Crippen LogP contribution in [0.3, 0.4) is 0 Å². The van der Waals surface area contributed by atoms with Crippen molar-refractivity contribution in [2.24, 2.45) is 4.99 Å². The molecule has 0 aromatic heterocycles. The molecule has 0 amide bonds. The molecule has 0 radical (unpaired) electrons. The van der Waals surface area contributed by atoms with Crippen molar-refractivity contribution in [3.8, 4) is 5.75 Å². The smallest absolute Gasteiger partial charge is 0.191 e. The number of aliphatic imine (C=N–C) groups is 1. The summed E-state index contributed by atoms with van der Waals surface area (Å²) in [6.07, 6.45) is -0.745. The second kappa shape index (κ2) is 9.64. The van der Waals surface area contributed by atoms with Crippen LogP contribution in [0, 0.1) is 5.82 Å². The van der Waals surface area contributed by atoms with Gasteiger partial charge in [-0.3, -0.25) is 0 Å². The summed E-state index contributed by atoms with van der Waals surface area (Å²) >= 11 is 0. The Bertz CT molecular complexity index is 672. The molecule has 25 heavy (non-hydrogen) atoms. The molecule has 0 aliphatic carbocycles. The number of benzene rings is 2. The van der Waals surface area contributed by atoms with E-state index in [1.165, 1.54) is 12.1 Å². The Balaban J connectivity index is 1.93. The van der Waals surface area contributed by atoms with E-state index in [-0.39, 0.29) is 12.4 Å². The average Bonchev–Trinajstić information content (AvgIpc) is 2.64. The fourth-order valence-corrected chi connectivity index (χ4v) is 2.24. The van der Waals surface area contributed by atoms with Crippen LogP contribution in [0.1, 0.15) is 24.2 Å². The molecule has 2 aromatic rings. The Kier molecular flexibility index (Phi) is 7.22. The lowest BCUT2D eigenvalue weighted by molar-refractivity contribution is 0.180. The molecule has 0 spiro atoms. The zero-order valence-corrected chi connectivity index (χ0v) is 14.5. The third-order valence-electron chi connectivity index (χ3n) is 3.64. The first-order chi connectivity index (χ1) is 12.1. The molecule has 0 heterocycles. The molecule has 6 heteroatoms. The predicted octanol–water partition coefficient (Wildman–Crippen LogP) is 2.62. The quantitative estimate of drug-likeness (QED) is 0.533. The normalized spacial score (nSPS) is 12.6. The second-order valence-electron chi connectivity index (χ2n) is 5.49. The van der Waals surface area contributed by atoms with Crippen LogP contribution in [0.2, 0.25) is 0 Å². The highest BCUT2D eigenvalue weighted by atomic mass is 19.1.